The van der Waals surface area contributed by atoms with Gasteiger partial charge in [0.1, 0.15) is 11.5 Å². The molecule has 0 unspecified atom stereocenters. The van der Waals surface area contributed by atoms with Gasteiger partial charge in [0.15, 0.2) is 0 Å². The van der Waals surface area contributed by atoms with Gasteiger partial charge in [0.05, 0.1) is 16.3 Å². The van der Waals surface area contributed by atoms with Gasteiger partial charge in [-0.05, 0) is 38.4 Å². The van der Waals surface area contributed by atoms with Crippen LogP contribution in [0.2, 0.25) is 0 Å². The minimum Gasteiger partial charge on any atom is -0.397 e. The average molecular weight is 463 g/mol. The summed E-state index contributed by atoms with van der Waals surface area (Å²) < 4.78 is 12.3. The Balaban J connectivity index is 0.000000188. The van der Waals surface area contributed by atoms with E-state index in [0.717, 1.165) is 57.5 Å². The summed E-state index contributed by atoms with van der Waals surface area (Å²) in [7, 11) is 4.30. The Labute approximate surface area is 194 Å². The van der Waals surface area contributed by atoms with Crippen molar-refractivity contribution in [3.8, 4) is 0 Å². The first-order valence-corrected chi connectivity index (χ1v) is 10.8. The van der Waals surface area contributed by atoms with E-state index in [0.29, 0.717) is 11.4 Å². The normalized spacial score (nSPS) is 16.8. The molecule has 11 heteroatoms. The predicted molar refractivity (Wildman–Crippen MR) is 133 cm³/mol. The van der Waals surface area contributed by atoms with Gasteiger partial charge in [0.25, 0.3) is 5.69 Å². The van der Waals surface area contributed by atoms with Crippen molar-refractivity contribution < 1.29 is 9.31 Å². The Morgan fingerprint density at radius 2 is 1.45 bits per heavy atom. The van der Waals surface area contributed by atoms with Crippen LogP contribution in [0.25, 0.3) is 0 Å². The second kappa shape index (κ2) is 12.8. The van der Waals surface area contributed by atoms with Crippen LogP contribution in [0.3, 0.4) is 0 Å². The highest BCUT2D eigenvalue weighted by atomic mass is 19.1. The van der Waals surface area contributed by atoms with E-state index in [4.69, 9.17) is 17.2 Å². The largest absolute Gasteiger partial charge is 0.397 e. The minimum atomic E-state index is -0.658. The molecule has 182 valence electrons. The number of rotatable bonds is 2. The number of halogens is 1. The van der Waals surface area contributed by atoms with Crippen molar-refractivity contribution in [2.24, 2.45) is 0 Å². The molecule has 4 rings (SSSR count). The van der Waals surface area contributed by atoms with Crippen molar-refractivity contribution in [1.29, 1.82) is 0 Å². The summed E-state index contributed by atoms with van der Waals surface area (Å²) >= 11 is 0. The Kier molecular flexibility index (Phi) is 10.1. The van der Waals surface area contributed by atoms with Crippen LogP contribution in [-0.2, 0) is 0 Å². The van der Waals surface area contributed by atoms with Crippen molar-refractivity contribution in [3.63, 3.8) is 0 Å². The molecule has 2 aromatic carbocycles. The number of piperazine rings is 2. The number of nitrogen functional groups attached to an aromatic ring is 3. The smallest absolute Gasteiger partial charge is 0.292 e. The first kappa shape index (κ1) is 26.1. The Bertz CT molecular complexity index is 900. The summed E-state index contributed by atoms with van der Waals surface area (Å²) in [5, 5.41) is 13.4. The SMILES string of the molecule is CN1CCN(c2ccc(N)c(N)c2)CC1.CN1CCNCC1.Nc1cc(F)ccc1[N+](=O)[O-]. The first-order chi connectivity index (χ1) is 15.7. The van der Waals surface area contributed by atoms with E-state index in [1.165, 1.54) is 18.8 Å². The lowest BCUT2D eigenvalue weighted by atomic mass is 10.2. The van der Waals surface area contributed by atoms with Gasteiger partial charge in [0.2, 0.25) is 0 Å². The third-order valence-corrected chi connectivity index (χ3v) is 5.47. The van der Waals surface area contributed by atoms with Crippen LogP contribution in [-0.4, -0.2) is 81.2 Å². The molecule has 0 aliphatic carbocycles. The predicted octanol–water partition coefficient (Wildman–Crippen LogP) is 1.44. The Morgan fingerprint density at radius 1 is 0.848 bits per heavy atom. The summed E-state index contributed by atoms with van der Waals surface area (Å²) in [5.41, 5.74) is 18.7. The maximum Gasteiger partial charge on any atom is 0.292 e. The van der Waals surface area contributed by atoms with Crippen molar-refractivity contribution in [3.05, 3.63) is 52.3 Å². The van der Waals surface area contributed by atoms with Crippen molar-refractivity contribution in [2.45, 2.75) is 0 Å². The number of likely N-dealkylation sites (N-methyl/N-ethyl adjacent to an activating group) is 2. The van der Waals surface area contributed by atoms with E-state index >= 15 is 0 Å². The van der Waals surface area contributed by atoms with E-state index in [-0.39, 0.29) is 11.4 Å². The van der Waals surface area contributed by atoms with E-state index in [2.05, 4.69) is 34.1 Å². The second-order valence-corrected chi connectivity index (χ2v) is 8.12. The Hall–Kier alpha value is -3.15. The quantitative estimate of drug-likeness (QED) is 0.296. The molecule has 0 amide bonds. The highest BCUT2D eigenvalue weighted by molar-refractivity contribution is 5.70. The molecule has 2 aliphatic rings. The number of nitro benzene ring substituents is 1. The molecular weight excluding hydrogens is 427 g/mol. The summed E-state index contributed by atoms with van der Waals surface area (Å²) in [6, 6.07) is 8.82. The summed E-state index contributed by atoms with van der Waals surface area (Å²) in [6.45, 7) is 9.06. The molecule has 0 spiro atoms. The third-order valence-electron chi connectivity index (χ3n) is 5.47. The van der Waals surface area contributed by atoms with Crippen LogP contribution in [0.4, 0.5) is 32.8 Å². The van der Waals surface area contributed by atoms with Gasteiger partial charge >= 0.3 is 0 Å². The maximum absolute atomic E-state index is 12.3. The number of anilines is 4. The fraction of sp³-hybridized carbons (Fsp3) is 0.455. The van der Waals surface area contributed by atoms with Crippen LogP contribution in [0, 0.1) is 15.9 Å². The van der Waals surface area contributed by atoms with Crippen molar-refractivity contribution in [1.82, 2.24) is 15.1 Å². The van der Waals surface area contributed by atoms with E-state index in [9.17, 15) is 14.5 Å². The number of hydrogen-bond donors (Lipinski definition) is 4. The molecule has 33 heavy (non-hydrogen) atoms. The van der Waals surface area contributed by atoms with Crippen molar-refractivity contribution >= 4 is 28.4 Å². The third kappa shape index (κ3) is 8.72. The molecule has 2 saturated heterocycles. The van der Waals surface area contributed by atoms with Gasteiger partial charge in [-0.25, -0.2) is 4.39 Å². The lowest BCUT2D eigenvalue weighted by Crippen LogP contribution is -2.44. The molecule has 2 fully saturated rings. The molecule has 2 aliphatic heterocycles. The molecule has 0 bridgehead atoms. The van der Waals surface area contributed by atoms with Gasteiger partial charge in [-0.15, -0.1) is 0 Å². The lowest BCUT2D eigenvalue weighted by molar-refractivity contribution is -0.383. The molecule has 2 aromatic rings. The number of nitrogens with two attached hydrogens (primary N) is 3. The highest BCUT2D eigenvalue weighted by Crippen LogP contribution is 2.23. The molecule has 7 N–H and O–H groups in total. The molecule has 2 heterocycles. The number of nitrogens with one attached hydrogen (secondary N) is 1. The van der Waals surface area contributed by atoms with Gasteiger partial charge in [-0.3, -0.25) is 10.1 Å². The fourth-order valence-electron chi connectivity index (χ4n) is 3.29. The van der Waals surface area contributed by atoms with Crippen LogP contribution < -0.4 is 27.4 Å². The fourth-order valence-corrected chi connectivity index (χ4v) is 3.29. The maximum atomic E-state index is 12.3. The zero-order chi connectivity index (χ0) is 24.4. The Morgan fingerprint density at radius 3 is 1.94 bits per heavy atom. The summed E-state index contributed by atoms with van der Waals surface area (Å²) in [5.74, 6) is -0.576. The van der Waals surface area contributed by atoms with Crippen LogP contribution in [0.15, 0.2) is 36.4 Å². The van der Waals surface area contributed by atoms with Crippen LogP contribution in [0.1, 0.15) is 0 Å². The second-order valence-electron chi connectivity index (χ2n) is 8.12. The zero-order valence-corrected chi connectivity index (χ0v) is 19.3. The molecule has 0 saturated carbocycles. The standard InChI is InChI=1S/C11H18N4.C6H5FN2O2.C5H12N2/c1-14-4-6-15(7-5-14)9-2-3-10(12)11(13)8-9;7-4-1-2-6(9(10)11)5(8)3-4;1-7-4-2-6-3-5-7/h2-3,8H,4-7,12-13H2,1H3;1-3H,8H2;6H,2-5H2,1H3. The number of benzene rings is 2. The van der Waals surface area contributed by atoms with Gasteiger partial charge in [-0.1, -0.05) is 0 Å². The number of nitro groups is 1. The number of nitrogens with zero attached hydrogens (tertiary/aromatic N) is 4. The van der Waals surface area contributed by atoms with Gasteiger partial charge in [0, 0.05) is 70.2 Å². The lowest BCUT2D eigenvalue weighted by Gasteiger charge is -2.34. The monoisotopic (exact) mass is 462 g/mol. The zero-order valence-electron chi connectivity index (χ0n) is 19.3. The van der Waals surface area contributed by atoms with E-state index in [1.54, 1.807) is 0 Å². The van der Waals surface area contributed by atoms with Crippen LogP contribution in [0.5, 0.6) is 0 Å². The highest BCUT2D eigenvalue weighted by Gasteiger charge is 2.14. The van der Waals surface area contributed by atoms with E-state index in [1.807, 2.05) is 18.2 Å². The first-order valence-electron chi connectivity index (χ1n) is 10.8. The van der Waals surface area contributed by atoms with Gasteiger partial charge in [-0.2, -0.15) is 0 Å². The average Bonchev–Trinajstić information content (AvgIpc) is 2.77. The molecular formula is C22H35FN8O2. The molecule has 0 aromatic heterocycles. The summed E-state index contributed by atoms with van der Waals surface area (Å²) in [6.07, 6.45) is 0. The number of hydrogen-bond acceptors (Lipinski definition) is 9. The summed E-state index contributed by atoms with van der Waals surface area (Å²) in [4.78, 5) is 16.5. The van der Waals surface area contributed by atoms with E-state index < -0.39 is 10.7 Å². The molecule has 10 nitrogen and oxygen atoms in total. The minimum absolute atomic E-state index is 0.157. The molecule has 0 atom stereocenters. The van der Waals surface area contributed by atoms with Gasteiger partial charge < -0.3 is 37.2 Å². The molecule has 0 radical (unpaired) electrons. The van der Waals surface area contributed by atoms with Crippen molar-refractivity contribution in [2.75, 3.05) is 88.6 Å². The van der Waals surface area contributed by atoms with Crippen LogP contribution >= 0.6 is 0 Å². The topological polar surface area (TPSA) is 143 Å².